The second-order valence-electron chi connectivity index (χ2n) is 21.0. The van der Waals surface area contributed by atoms with Gasteiger partial charge in [-0.05, 0) is 88.2 Å². The van der Waals surface area contributed by atoms with Crippen molar-refractivity contribution in [3.05, 3.63) is 32.4 Å². The number of hydrogen-bond acceptors (Lipinski definition) is 31. The van der Waals surface area contributed by atoms with Crippen LogP contribution in [0.4, 0.5) is 0 Å². The van der Waals surface area contributed by atoms with Gasteiger partial charge in [-0.15, -0.1) is 0 Å². The van der Waals surface area contributed by atoms with Crippen LogP contribution >= 0.6 is 0 Å². The van der Waals surface area contributed by atoms with E-state index in [-0.39, 0.29) is 262 Å². The van der Waals surface area contributed by atoms with Gasteiger partial charge >= 0.3 is 85.7 Å². The number of fused-ring (bicyclic) bond motifs is 3. The normalized spacial score (nSPS) is 26.8. The Kier molecular flexibility index (Phi) is 82.4. The minimum Gasteiger partial charge on any atom is -0.870 e. The predicted molar refractivity (Wildman–Crippen MR) is 372 cm³/mol. The van der Waals surface area contributed by atoms with Crippen molar-refractivity contribution >= 4 is 34.3 Å². The summed E-state index contributed by atoms with van der Waals surface area (Å²) in [6.45, 7) is 23.6. The number of rotatable bonds is 16. The van der Waals surface area contributed by atoms with Gasteiger partial charge in [0.05, 0.1) is 128 Å². The van der Waals surface area contributed by atoms with E-state index in [0.29, 0.717) is 59.3 Å². The average molecular weight is 1530 g/mol. The SMILES string of the molecule is C.C.C.C.C.C.C.C.C.C.CCO.CCOC(=O)C=C[C@@H]1COC(C)(C)O1.CCOC(=O)CC(C[N+](=O)[O-])[C@@H]1COC(C)(C)O1.CCOC(=O)C[C@H]1C(OCC)OC[C@@H]1O.CCOC1OC[C@@H]2OC(=O)C[C@H]12.C[N+](=O)[O-].O=S(=O)(O)O.O[C@H]1CO[C@@H]2OCC[C@@H]21.O[C@H]1CO[C@H]2OCC[C@H]21.[K+].[OH-]. The first-order valence-electron chi connectivity index (χ1n) is 29.2. The first-order chi connectivity index (χ1) is 41.8. The van der Waals surface area contributed by atoms with Crippen LogP contribution in [0.3, 0.4) is 0 Å². The van der Waals surface area contributed by atoms with E-state index in [1.54, 1.807) is 47.6 Å². The topological polar surface area (TPSA) is 488 Å². The third-order valence-electron chi connectivity index (χ3n) is 13.0. The summed E-state index contributed by atoms with van der Waals surface area (Å²) in [7, 11) is -3.78. The van der Waals surface area contributed by atoms with E-state index in [4.69, 9.17) is 109 Å². The van der Waals surface area contributed by atoms with Crippen molar-refractivity contribution in [1.29, 1.82) is 0 Å². The van der Waals surface area contributed by atoms with Gasteiger partial charge in [0.2, 0.25) is 6.54 Å². The van der Waals surface area contributed by atoms with Gasteiger partial charge in [0.1, 0.15) is 12.2 Å². The Labute approximate surface area is 646 Å². The fraction of sp³-hybridized carbons (Fsp3) is 0.906. The van der Waals surface area contributed by atoms with Gasteiger partial charge in [-0.1, -0.05) is 74.3 Å². The summed E-state index contributed by atoms with van der Waals surface area (Å²) in [4.78, 5) is 63.0. The first-order valence-corrected chi connectivity index (χ1v) is 30.6. The smallest absolute Gasteiger partial charge is 0.870 e. The van der Waals surface area contributed by atoms with Crippen LogP contribution in [-0.2, 0) is 105 Å². The summed E-state index contributed by atoms with van der Waals surface area (Å²) in [6.07, 6.45) is 2.69. The molecule has 3 unspecified atom stereocenters. The summed E-state index contributed by atoms with van der Waals surface area (Å²) in [5.74, 6) is -2.76. The molecule has 9 saturated heterocycles. The molecule has 0 bridgehead atoms. The fourth-order valence-electron chi connectivity index (χ4n) is 9.27. The number of carbonyl (C=O) groups excluding carboxylic acids is 4. The predicted octanol–water partition coefficient (Wildman–Crippen LogP) is 4.77. The number of nitrogens with zero attached hydrogens (tertiary/aromatic N) is 2. The van der Waals surface area contributed by atoms with Crippen LogP contribution in [0.2, 0.25) is 0 Å². The third-order valence-corrected chi connectivity index (χ3v) is 13.0. The van der Waals surface area contributed by atoms with Crippen LogP contribution in [0.5, 0.6) is 0 Å². The Balaban J connectivity index is -0.0000000898. The number of nitro groups is 2. The van der Waals surface area contributed by atoms with Crippen LogP contribution in [0.25, 0.3) is 0 Å². The zero-order valence-corrected chi connectivity index (χ0v) is 57.9. The Morgan fingerprint density at radius 3 is 1.44 bits per heavy atom. The van der Waals surface area contributed by atoms with Crippen molar-refractivity contribution in [1.82, 2.24) is 0 Å². The zero-order chi connectivity index (χ0) is 67.5. The minimum atomic E-state index is -4.67. The molecule has 0 spiro atoms. The molecule has 37 heteroatoms. The zero-order valence-electron chi connectivity index (χ0n) is 54.0. The van der Waals surface area contributed by atoms with Crippen LogP contribution in [0.15, 0.2) is 12.2 Å². The maximum Gasteiger partial charge on any atom is 1.00 e. The molecule has 0 saturated carbocycles. The molecular formula is C64H137KN2O33S. The van der Waals surface area contributed by atoms with E-state index in [1.807, 2.05) is 27.7 Å². The van der Waals surface area contributed by atoms with Crippen LogP contribution in [0.1, 0.15) is 176 Å². The summed E-state index contributed by atoms with van der Waals surface area (Å²) in [5.41, 5.74) is 0. The standard InChI is InChI=1S/C11H19NO6.C10H18O5.C10H16O4.C8H12O4.2C6H10O3.C2H6O.CH3NO2.10CH4.K.H2O4S.H2O/c1-4-16-10(13)5-8(6-12(14)15)9-7-17-11(2,3)18-9;1-3-13-9(12)5-7-8(11)6-15-10(7)14-4-2;1-4-12-9(11)6-5-8-7-13-10(2,3)14-8;1-2-10-8-5-3-7(9)12-6(5)4-11-8;2*7-5-3-9-6-4(5)1-2-8-6;1-2-3;1-2(3)4;;;;;;;;;;;;1-5(2,3)4;/h8-9H,4-7H2,1-3H3;7-8,10-11H,3-6H2,1-2H3;5-6,8H,4,7H2,1-3H3;5-6,8H,2-4H2,1H3;2*4-7H,1-3H2;3H,2H2,1H3;1H3;10*1H4;;(H2,1,2,3,4);1H2/q;;;;;;;;;;;;;;;;;;+1;;/p-1/t8?,9-;7-,8+,10?;8-;5-,6-,8?;4-,5+,6+;4-,5-,6+;;;;;;;;;;;;;;;/m011010.............../s1. The van der Waals surface area contributed by atoms with Gasteiger partial charge in [-0.2, -0.15) is 8.42 Å². The van der Waals surface area contributed by atoms with Crippen molar-refractivity contribution < 1.29 is 200 Å². The van der Waals surface area contributed by atoms with Crippen molar-refractivity contribution in [2.24, 2.45) is 29.6 Å². The van der Waals surface area contributed by atoms with Gasteiger partial charge in [0, 0.05) is 53.5 Å². The number of aliphatic hydroxyl groups excluding tert-OH is 4. The molecule has 0 aromatic carbocycles. The third kappa shape index (κ3) is 54.5. The molecule has 0 aliphatic carbocycles. The first kappa shape index (κ1) is 125. The Bertz CT molecular complexity index is 2170. The van der Waals surface area contributed by atoms with Gasteiger partial charge in [0.15, 0.2) is 43.8 Å². The number of hydrogen-bond donors (Lipinski definition) is 6. The molecule has 9 aliphatic heterocycles. The largest absolute Gasteiger partial charge is 1.00 e. The molecule has 0 radical (unpaired) electrons. The summed E-state index contributed by atoms with van der Waals surface area (Å²) < 4.78 is 114. The number of esters is 4. The number of carbonyl (C=O) groups is 4. The van der Waals surface area contributed by atoms with Crippen LogP contribution in [-0.4, -0.2) is 257 Å². The van der Waals surface area contributed by atoms with E-state index in [0.717, 1.165) is 33.1 Å². The number of aliphatic hydroxyl groups is 4. The molecule has 35 nitrogen and oxygen atoms in total. The summed E-state index contributed by atoms with van der Waals surface area (Å²) >= 11 is 0. The maximum absolute atomic E-state index is 11.4. The van der Waals surface area contributed by atoms with Gasteiger partial charge in [-0.3, -0.25) is 43.7 Å². The van der Waals surface area contributed by atoms with Gasteiger partial charge in [-0.25, -0.2) is 4.79 Å². The quantitative estimate of drug-likeness (QED) is 0.0230. The molecule has 9 fully saturated rings. The average Bonchev–Trinajstić information content (AvgIpc) is 1.70. The van der Waals surface area contributed by atoms with E-state index < -0.39 is 62.2 Å². The maximum atomic E-state index is 11.4. The summed E-state index contributed by atoms with van der Waals surface area (Å²) in [5, 5.41) is 55.0. The molecule has 15 atom stereocenters. The second-order valence-corrected chi connectivity index (χ2v) is 21.9. The molecule has 9 rings (SSSR count). The molecular weight excluding hydrogens is 1400 g/mol. The van der Waals surface area contributed by atoms with Crippen molar-refractivity contribution in [2.75, 3.05) is 106 Å². The molecule has 7 N–H and O–H groups in total. The Morgan fingerprint density at radius 1 is 0.624 bits per heavy atom. The molecule has 0 amide bonds. The second kappa shape index (κ2) is 66.7. The van der Waals surface area contributed by atoms with Crippen LogP contribution < -0.4 is 51.4 Å². The summed E-state index contributed by atoms with van der Waals surface area (Å²) in [6, 6.07) is 0. The van der Waals surface area contributed by atoms with Crippen molar-refractivity contribution in [2.45, 2.75) is 249 Å². The van der Waals surface area contributed by atoms with E-state index in [2.05, 4.69) is 0 Å². The molecule has 0 aromatic rings. The van der Waals surface area contributed by atoms with Crippen molar-refractivity contribution in [3.8, 4) is 0 Å². The molecule has 9 heterocycles. The fourth-order valence-corrected chi connectivity index (χ4v) is 9.27. The molecule has 0 aromatic heterocycles. The van der Waals surface area contributed by atoms with Gasteiger partial charge < -0.3 is 102 Å². The Hall–Kier alpha value is -2.75. The monoisotopic (exact) mass is 1530 g/mol. The van der Waals surface area contributed by atoms with Crippen molar-refractivity contribution in [3.63, 3.8) is 0 Å². The minimum absolute atomic E-state index is 0. The molecule has 608 valence electrons. The van der Waals surface area contributed by atoms with E-state index in [1.165, 1.54) is 6.08 Å². The molecule has 9 aliphatic rings. The molecule has 101 heavy (non-hydrogen) atoms. The van der Waals surface area contributed by atoms with Gasteiger partial charge in [0.25, 0.3) is 0 Å². The number of ether oxygens (including phenoxy) is 16. The van der Waals surface area contributed by atoms with Crippen LogP contribution in [0, 0.1) is 49.8 Å². The van der Waals surface area contributed by atoms with E-state index in [9.17, 15) is 44.6 Å². The van der Waals surface area contributed by atoms with E-state index >= 15 is 0 Å². The Morgan fingerprint density at radius 2 is 1.04 bits per heavy atom.